The molecule has 1 aliphatic rings. The number of hydrogen-bond acceptors (Lipinski definition) is 5. The van der Waals surface area contributed by atoms with Crippen LogP contribution in [0.2, 0.25) is 0 Å². The topological polar surface area (TPSA) is 87.1 Å². The van der Waals surface area contributed by atoms with Crippen molar-refractivity contribution in [3.8, 4) is 11.5 Å². The Bertz CT molecular complexity index is 609. The highest BCUT2D eigenvalue weighted by molar-refractivity contribution is 5.94. The third kappa shape index (κ3) is 3.58. The molecular formula is C16H19NO5. The van der Waals surface area contributed by atoms with Gasteiger partial charge in [0.25, 0.3) is 5.91 Å². The van der Waals surface area contributed by atoms with Crippen molar-refractivity contribution in [3.63, 3.8) is 0 Å². The highest BCUT2D eigenvalue weighted by atomic mass is 16.5. The molecule has 22 heavy (non-hydrogen) atoms. The van der Waals surface area contributed by atoms with Crippen molar-refractivity contribution < 1.29 is 24.5 Å². The summed E-state index contributed by atoms with van der Waals surface area (Å²) in [4.78, 5) is 25.6. The zero-order valence-corrected chi connectivity index (χ0v) is 12.4. The SMILES string of the molecule is CCN(C(=O)COC(=O)c1ccc(O)cc1O)C1=CCCC1. The molecule has 0 aliphatic heterocycles. The van der Waals surface area contributed by atoms with Gasteiger partial charge in [0.05, 0.1) is 0 Å². The van der Waals surface area contributed by atoms with Gasteiger partial charge in [0.15, 0.2) is 6.61 Å². The number of rotatable bonds is 5. The first-order chi connectivity index (χ1) is 10.5. The summed E-state index contributed by atoms with van der Waals surface area (Å²) >= 11 is 0. The standard InChI is InChI=1S/C16H19NO5/c1-2-17(11-5-3-4-6-11)15(20)10-22-16(21)13-8-7-12(18)9-14(13)19/h5,7-9,18-19H,2-4,6,10H2,1H3. The predicted octanol–water partition coefficient (Wildman–Crippen LogP) is 2.17. The molecule has 0 saturated carbocycles. The molecule has 0 saturated heterocycles. The number of benzene rings is 1. The fourth-order valence-corrected chi connectivity index (χ4v) is 2.41. The van der Waals surface area contributed by atoms with Crippen LogP contribution in [0, 0.1) is 0 Å². The Morgan fingerprint density at radius 3 is 2.68 bits per heavy atom. The van der Waals surface area contributed by atoms with E-state index >= 15 is 0 Å². The quantitative estimate of drug-likeness (QED) is 0.814. The molecule has 2 N–H and O–H groups in total. The molecule has 0 heterocycles. The lowest BCUT2D eigenvalue weighted by Gasteiger charge is -2.22. The zero-order chi connectivity index (χ0) is 16.1. The average molecular weight is 305 g/mol. The maximum Gasteiger partial charge on any atom is 0.342 e. The number of phenols is 2. The van der Waals surface area contributed by atoms with Crippen LogP contribution in [-0.4, -0.2) is 40.1 Å². The lowest BCUT2D eigenvalue weighted by atomic mass is 10.2. The molecule has 0 aromatic heterocycles. The first-order valence-electron chi connectivity index (χ1n) is 7.21. The van der Waals surface area contributed by atoms with Gasteiger partial charge in [0.1, 0.15) is 17.1 Å². The number of nitrogens with zero attached hydrogens (tertiary/aromatic N) is 1. The summed E-state index contributed by atoms with van der Waals surface area (Å²) in [6.07, 6.45) is 4.86. The van der Waals surface area contributed by atoms with E-state index in [2.05, 4.69) is 0 Å². The number of hydrogen-bond donors (Lipinski definition) is 2. The molecule has 0 unspecified atom stereocenters. The lowest BCUT2D eigenvalue weighted by Crippen LogP contribution is -2.33. The van der Waals surface area contributed by atoms with Gasteiger partial charge in [0, 0.05) is 18.3 Å². The van der Waals surface area contributed by atoms with Crippen molar-refractivity contribution in [2.45, 2.75) is 26.2 Å². The summed E-state index contributed by atoms with van der Waals surface area (Å²) in [5.74, 6) is -1.64. The first-order valence-corrected chi connectivity index (χ1v) is 7.21. The van der Waals surface area contributed by atoms with Crippen LogP contribution < -0.4 is 0 Å². The van der Waals surface area contributed by atoms with E-state index in [0.717, 1.165) is 31.0 Å². The van der Waals surface area contributed by atoms with E-state index in [-0.39, 0.29) is 29.6 Å². The minimum atomic E-state index is -0.803. The molecule has 0 radical (unpaired) electrons. The Kier molecular flexibility index (Phi) is 5.04. The molecule has 0 spiro atoms. The van der Waals surface area contributed by atoms with Crippen molar-refractivity contribution in [1.82, 2.24) is 4.90 Å². The largest absolute Gasteiger partial charge is 0.508 e. The highest BCUT2D eigenvalue weighted by Gasteiger charge is 2.21. The maximum absolute atomic E-state index is 12.1. The van der Waals surface area contributed by atoms with E-state index in [0.29, 0.717) is 6.54 Å². The molecule has 6 nitrogen and oxygen atoms in total. The van der Waals surface area contributed by atoms with Gasteiger partial charge >= 0.3 is 5.97 Å². The lowest BCUT2D eigenvalue weighted by molar-refractivity contribution is -0.132. The van der Waals surface area contributed by atoms with Gasteiger partial charge in [-0.2, -0.15) is 0 Å². The van der Waals surface area contributed by atoms with Gasteiger partial charge in [0.2, 0.25) is 0 Å². The van der Waals surface area contributed by atoms with Gasteiger partial charge < -0.3 is 19.8 Å². The van der Waals surface area contributed by atoms with E-state index in [1.54, 1.807) is 4.90 Å². The summed E-state index contributed by atoms with van der Waals surface area (Å²) in [7, 11) is 0. The van der Waals surface area contributed by atoms with E-state index in [1.807, 2.05) is 13.0 Å². The number of carbonyl (C=O) groups is 2. The number of ether oxygens (including phenoxy) is 1. The highest BCUT2D eigenvalue weighted by Crippen LogP contribution is 2.24. The monoisotopic (exact) mass is 305 g/mol. The summed E-state index contributed by atoms with van der Waals surface area (Å²) in [5.41, 5.74) is 0.879. The molecule has 0 atom stereocenters. The number of allylic oxidation sites excluding steroid dienone is 2. The fraction of sp³-hybridized carbons (Fsp3) is 0.375. The predicted molar refractivity (Wildman–Crippen MR) is 79.4 cm³/mol. The summed E-state index contributed by atoms with van der Waals surface area (Å²) < 4.78 is 4.95. The smallest absolute Gasteiger partial charge is 0.342 e. The number of amides is 1. The Labute approximate surface area is 128 Å². The second-order valence-corrected chi connectivity index (χ2v) is 5.00. The molecule has 1 aromatic carbocycles. The van der Waals surface area contributed by atoms with Crippen LogP contribution in [0.4, 0.5) is 0 Å². The van der Waals surface area contributed by atoms with Crippen molar-refractivity contribution in [3.05, 3.63) is 35.5 Å². The van der Waals surface area contributed by atoms with Gasteiger partial charge in [-0.05, 0) is 38.3 Å². The van der Waals surface area contributed by atoms with E-state index < -0.39 is 5.97 Å². The first kappa shape index (κ1) is 15.9. The molecule has 1 aromatic rings. The van der Waals surface area contributed by atoms with Gasteiger partial charge in [-0.1, -0.05) is 6.08 Å². The Hall–Kier alpha value is -2.50. The molecule has 1 amide bonds. The van der Waals surface area contributed by atoms with E-state index in [4.69, 9.17) is 4.74 Å². The zero-order valence-electron chi connectivity index (χ0n) is 12.4. The summed E-state index contributed by atoms with van der Waals surface area (Å²) in [6, 6.07) is 3.55. The fourth-order valence-electron chi connectivity index (χ4n) is 2.41. The van der Waals surface area contributed by atoms with Crippen LogP contribution in [0.1, 0.15) is 36.5 Å². The second-order valence-electron chi connectivity index (χ2n) is 5.00. The Morgan fingerprint density at radius 2 is 2.09 bits per heavy atom. The average Bonchev–Trinajstić information content (AvgIpc) is 2.99. The minimum absolute atomic E-state index is 0.0891. The third-order valence-electron chi connectivity index (χ3n) is 3.51. The van der Waals surface area contributed by atoms with Crippen LogP contribution >= 0.6 is 0 Å². The van der Waals surface area contributed by atoms with Gasteiger partial charge in [-0.25, -0.2) is 4.79 Å². The normalized spacial score (nSPS) is 13.6. The molecule has 1 aliphatic carbocycles. The van der Waals surface area contributed by atoms with Crippen molar-refractivity contribution >= 4 is 11.9 Å². The maximum atomic E-state index is 12.1. The summed E-state index contributed by atoms with van der Waals surface area (Å²) in [5, 5.41) is 18.8. The van der Waals surface area contributed by atoms with Crippen LogP contribution in [0.3, 0.4) is 0 Å². The van der Waals surface area contributed by atoms with Gasteiger partial charge in [-0.15, -0.1) is 0 Å². The molecule has 118 valence electrons. The van der Waals surface area contributed by atoms with Crippen molar-refractivity contribution in [1.29, 1.82) is 0 Å². The number of carbonyl (C=O) groups excluding carboxylic acids is 2. The third-order valence-corrected chi connectivity index (χ3v) is 3.51. The van der Waals surface area contributed by atoms with Crippen LogP contribution in [0.15, 0.2) is 30.0 Å². The molecule has 6 heteroatoms. The molecule has 0 fully saturated rings. The van der Waals surface area contributed by atoms with Gasteiger partial charge in [-0.3, -0.25) is 4.79 Å². The number of phenolic OH excluding ortho intramolecular Hbond substituents is 2. The molecule has 0 bridgehead atoms. The van der Waals surface area contributed by atoms with Crippen molar-refractivity contribution in [2.75, 3.05) is 13.2 Å². The number of esters is 1. The number of aromatic hydroxyl groups is 2. The number of likely N-dealkylation sites (N-methyl/N-ethyl adjacent to an activating group) is 1. The van der Waals surface area contributed by atoms with Crippen LogP contribution in [0.5, 0.6) is 11.5 Å². The van der Waals surface area contributed by atoms with E-state index in [1.165, 1.54) is 12.1 Å². The summed E-state index contributed by atoms with van der Waals surface area (Å²) in [6.45, 7) is 2.00. The second kappa shape index (κ2) is 6.98. The molecular weight excluding hydrogens is 286 g/mol. The van der Waals surface area contributed by atoms with Crippen LogP contribution in [-0.2, 0) is 9.53 Å². The van der Waals surface area contributed by atoms with E-state index in [9.17, 15) is 19.8 Å². The van der Waals surface area contributed by atoms with Crippen molar-refractivity contribution in [2.24, 2.45) is 0 Å². The Balaban J connectivity index is 1.96. The molecule has 2 rings (SSSR count). The van der Waals surface area contributed by atoms with Crippen LogP contribution in [0.25, 0.3) is 0 Å². The minimum Gasteiger partial charge on any atom is -0.508 e. The Morgan fingerprint density at radius 1 is 1.32 bits per heavy atom.